The van der Waals surface area contributed by atoms with Gasteiger partial charge in [-0.2, -0.15) is 13.2 Å². The minimum absolute atomic E-state index is 0.0713. The summed E-state index contributed by atoms with van der Waals surface area (Å²) < 4.78 is 40.1. The van der Waals surface area contributed by atoms with Crippen molar-refractivity contribution in [3.63, 3.8) is 0 Å². The van der Waals surface area contributed by atoms with Gasteiger partial charge in [0.15, 0.2) is 0 Å². The van der Waals surface area contributed by atoms with Gasteiger partial charge in [-0.15, -0.1) is 0 Å². The van der Waals surface area contributed by atoms with Gasteiger partial charge in [0.05, 0.1) is 5.60 Å². The van der Waals surface area contributed by atoms with E-state index in [-0.39, 0.29) is 6.42 Å². The van der Waals surface area contributed by atoms with E-state index in [2.05, 4.69) is 0 Å². The molecule has 0 spiro atoms. The second-order valence-corrected chi connectivity index (χ2v) is 3.38. The first kappa shape index (κ1) is 12.4. The average molecular weight is 198 g/mol. The van der Waals surface area contributed by atoms with Crippen LogP contribution < -0.4 is 0 Å². The van der Waals surface area contributed by atoms with Gasteiger partial charge in [0.25, 0.3) is 0 Å². The molecule has 0 rings (SSSR count). The third-order valence-electron chi connectivity index (χ3n) is 1.82. The molecule has 0 unspecified atom stereocenters. The molecule has 0 N–H and O–H groups in total. The highest BCUT2D eigenvalue weighted by Crippen LogP contribution is 2.22. The number of rotatable bonds is 4. The first-order valence-electron chi connectivity index (χ1n) is 3.84. The van der Waals surface area contributed by atoms with E-state index in [4.69, 9.17) is 4.74 Å². The number of alkyl halides is 3. The Hall–Kier alpha value is -0.580. The molecule has 0 amide bonds. The molecule has 13 heavy (non-hydrogen) atoms. The van der Waals surface area contributed by atoms with Crippen LogP contribution in [0.5, 0.6) is 0 Å². The van der Waals surface area contributed by atoms with Gasteiger partial charge in [0.2, 0.25) is 5.78 Å². The van der Waals surface area contributed by atoms with Crippen LogP contribution in [0.25, 0.3) is 0 Å². The Labute approximate surface area is 75.1 Å². The van der Waals surface area contributed by atoms with Crippen molar-refractivity contribution in [3.8, 4) is 0 Å². The van der Waals surface area contributed by atoms with Crippen molar-refractivity contribution >= 4 is 5.78 Å². The summed E-state index contributed by atoms with van der Waals surface area (Å²) in [5, 5.41) is 0. The first-order valence-corrected chi connectivity index (χ1v) is 3.84. The molecule has 78 valence electrons. The van der Waals surface area contributed by atoms with E-state index >= 15 is 0 Å². The van der Waals surface area contributed by atoms with Crippen LogP contribution in [0.3, 0.4) is 0 Å². The van der Waals surface area contributed by atoms with Crippen LogP contribution in [0.2, 0.25) is 0 Å². The summed E-state index contributed by atoms with van der Waals surface area (Å²) in [6.45, 7) is 3.27. The van der Waals surface area contributed by atoms with Gasteiger partial charge in [-0.1, -0.05) is 0 Å². The molecule has 0 aromatic carbocycles. The smallest absolute Gasteiger partial charge is 0.379 e. The standard InChI is InChI=1S/C8H13F3O2/c1-7(2,13-3)5-4-6(12)8(9,10)11/h4-5H2,1-3H3. The number of carbonyl (C=O) groups excluding carboxylic acids is 1. The second kappa shape index (κ2) is 4.09. The van der Waals surface area contributed by atoms with Crippen molar-refractivity contribution in [2.75, 3.05) is 7.11 Å². The molecule has 0 aliphatic rings. The van der Waals surface area contributed by atoms with Crippen molar-refractivity contribution in [1.82, 2.24) is 0 Å². The van der Waals surface area contributed by atoms with Crippen molar-refractivity contribution in [2.24, 2.45) is 0 Å². The molecular weight excluding hydrogens is 185 g/mol. The highest BCUT2D eigenvalue weighted by atomic mass is 19.4. The van der Waals surface area contributed by atoms with E-state index < -0.39 is 24.0 Å². The molecule has 2 nitrogen and oxygen atoms in total. The summed E-state index contributed by atoms with van der Waals surface area (Å²) in [6.07, 6.45) is -5.17. The van der Waals surface area contributed by atoms with Gasteiger partial charge >= 0.3 is 6.18 Å². The zero-order valence-electron chi connectivity index (χ0n) is 7.86. The zero-order chi connectivity index (χ0) is 10.7. The number of ketones is 1. The van der Waals surface area contributed by atoms with Gasteiger partial charge in [-0.05, 0) is 20.3 Å². The average Bonchev–Trinajstić information content (AvgIpc) is 1.98. The fourth-order valence-corrected chi connectivity index (χ4v) is 0.658. The molecule has 0 heterocycles. The predicted molar refractivity (Wildman–Crippen MR) is 41.4 cm³/mol. The largest absolute Gasteiger partial charge is 0.449 e. The van der Waals surface area contributed by atoms with Crippen molar-refractivity contribution < 1.29 is 22.7 Å². The van der Waals surface area contributed by atoms with Gasteiger partial charge in [-0.25, -0.2) is 0 Å². The highest BCUT2D eigenvalue weighted by Gasteiger charge is 2.38. The van der Waals surface area contributed by atoms with E-state index in [1.165, 1.54) is 7.11 Å². The van der Waals surface area contributed by atoms with E-state index in [1.54, 1.807) is 13.8 Å². The van der Waals surface area contributed by atoms with Crippen LogP contribution in [0.1, 0.15) is 26.7 Å². The number of halogens is 3. The lowest BCUT2D eigenvalue weighted by Gasteiger charge is -2.22. The molecule has 0 saturated carbocycles. The third-order valence-corrected chi connectivity index (χ3v) is 1.82. The molecule has 0 aromatic heterocycles. The maximum Gasteiger partial charge on any atom is 0.449 e. The molecule has 0 aromatic rings. The van der Waals surface area contributed by atoms with Gasteiger partial charge < -0.3 is 4.74 Å². The summed E-state index contributed by atoms with van der Waals surface area (Å²) in [7, 11) is 1.40. The summed E-state index contributed by atoms with van der Waals surface area (Å²) >= 11 is 0. The normalized spacial score (nSPS) is 13.1. The maximum atomic E-state index is 11.7. The lowest BCUT2D eigenvalue weighted by molar-refractivity contribution is -0.172. The second-order valence-electron chi connectivity index (χ2n) is 3.38. The maximum absolute atomic E-state index is 11.7. The zero-order valence-corrected chi connectivity index (χ0v) is 7.86. The fraction of sp³-hybridized carbons (Fsp3) is 0.875. The molecule has 0 aliphatic heterocycles. The Bertz CT molecular complexity index is 184. The van der Waals surface area contributed by atoms with E-state index in [1.807, 2.05) is 0 Å². The van der Waals surface area contributed by atoms with Crippen LogP contribution in [-0.4, -0.2) is 24.7 Å². The SMILES string of the molecule is COC(C)(C)CCC(=O)C(F)(F)F. The van der Waals surface area contributed by atoms with E-state index in [9.17, 15) is 18.0 Å². The number of hydrogen-bond acceptors (Lipinski definition) is 2. The Morgan fingerprint density at radius 1 is 1.31 bits per heavy atom. The van der Waals surface area contributed by atoms with Crippen LogP contribution >= 0.6 is 0 Å². The quantitative estimate of drug-likeness (QED) is 0.692. The molecule has 0 fully saturated rings. The topological polar surface area (TPSA) is 26.3 Å². The van der Waals surface area contributed by atoms with Crippen LogP contribution in [0.4, 0.5) is 13.2 Å². The van der Waals surface area contributed by atoms with Crippen molar-refractivity contribution in [2.45, 2.75) is 38.5 Å². The number of hydrogen-bond donors (Lipinski definition) is 0. The number of methoxy groups -OCH3 is 1. The van der Waals surface area contributed by atoms with Gasteiger partial charge in [0.1, 0.15) is 0 Å². The summed E-state index contributed by atoms with van der Waals surface area (Å²) in [4.78, 5) is 10.4. The number of Topliss-reactive ketones (excluding diaryl/α,β-unsaturated/α-hetero) is 1. The lowest BCUT2D eigenvalue weighted by atomic mass is 10.0. The van der Waals surface area contributed by atoms with Crippen molar-refractivity contribution in [1.29, 1.82) is 0 Å². The van der Waals surface area contributed by atoms with Crippen molar-refractivity contribution in [3.05, 3.63) is 0 Å². The molecule has 0 radical (unpaired) electrons. The molecule has 0 aliphatic carbocycles. The van der Waals surface area contributed by atoms with Crippen LogP contribution in [0, 0.1) is 0 Å². The fourth-order valence-electron chi connectivity index (χ4n) is 0.658. The monoisotopic (exact) mass is 198 g/mol. The number of carbonyl (C=O) groups is 1. The summed E-state index contributed by atoms with van der Waals surface area (Å²) in [6, 6.07) is 0. The third kappa shape index (κ3) is 4.87. The van der Waals surface area contributed by atoms with Gasteiger partial charge in [-0.3, -0.25) is 4.79 Å². The molecule has 0 saturated heterocycles. The van der Waals surface area contributed by atoms with E-state index in [0.29, 0.717) is 0 Å². The summed E-state index contributed by atoms with van der Waals surface area (Å²) in [5.74, 6) is -1.70. The minimum atomic E-state index is -4.72. The molecular formula is C8H13F3O2. The Kier molecular flexibility index (Phi) is 3.90. The van der Waals surface area contributed by atoms with Gasteiger partial charge in [0, 0.05) is 13.5 Å². The lowest BCUT2D eigenvalue weighted by Crippen LogP contribution is -2.28. The molecule has 0 atom stereocenters. The minimum Gasteiger partial charge on any atom is -0.379 e. The molecule has 0 bridgehead atoms. The Morgan fingerprint density at radius 2 is 1.77 bits per heavy atom. The number of ether oxygens (including phenoxy) is 1. The Morgan fingerprint density at radius 3 is 2.08 bits per heavy atom. The highest BCUT2D eigenvalue weighted by molar-refractivity contribution is 5.83. The van der Waals surface area contributed by atoms with Crippen LogP contribution in [0.15, 0.2) is 0 Å². The van der Waals surface area contributed by atoms with E-state index in [0.717, 1.165) is 0 Å². The predicted octanol–water partition coefficient (Wildman–Crippen LogP) is 2.32. The van der Waals surface area contributed by atoms with Crippen LogP contribution in [-0.2, 0) is 9.53 Å². The summed E-state index contributed by atoms with van der Waals surface area (Å²) in [5.41, 5.74) is -0.680. The first-order chi connectivity index (χ1) is 5.69. The molecule has 5 heteroatoms. The Balaban J connectivity index is 3.98.